The average Bonchev–Trinajstić information content (AvgIpc) is 2.41. The lowest BCUT2D eigenvalue weighted by atomic mass is 9.63. The van der Waals surface area contributed by atoms with Crippen molar-refractivity contribution in [3.8, 4) is 0 Å². The summed E-state index contributed by atoms with van der Waals surface area (Å²) in [5, 5.41) is 18.8. The second-order valence-electron chi connectivity index (χ2n) is 6.09. The molecule has 0 radical (unpaired) electrons. The zero-order chi connectivity index (χ0) is 15.1. The van der Waals surface area contributed by atoms with Crippen molar-refractivity contribution in [2.45, 2.75) is 65.2 Å². The number of aliphatic carboxylic acids is 2. The van der Waals surface area contributed by atoms with Gasteiger partial charge >= 0.3 is 11.9 Å². The minimum atomic E-state index is -0.937. The Morgan fingerprint density at radius 2 is 1.55 bits per heavy atom. The van der Waals surface area contributed by atoms with Gasteiger partial charge in [-0.3, -0.25) is 9.59 Å². The van der Waals surface area contributed by atoms with Crippen molar-refractivity contribution in [1.29, 1.82) is 0 Å². The number of carbonyl (C=O) groups is 2. The molecule has 4 nitrogen and oxygen atoms in total. The SMILES string of the molecule is CCCCC1CCC(C(=O)O)C(C(=O)O)C1CCCC. The normalized spacial score (nSPS) is 30.1. The molecule has 4 heteroatoms. The van der Waals surface area contributed by atoms with E-state index in [9.17, 15) is 19.8 Å². The van der Waals surface area contributed by atoms with Gasteiger partial charge in [0.25, 0.3) is 0 Å². The van der Waals surface area contributed by atoms with Crippen LogP contribution in [0, 0.1) is 23.7 Å². The molecule has 0 heterocycles. The van der Waals surface area contributed by atoms with E-state index in [1.54, 1.807) is 0 Å². The Morgan fingerprint density at radius 1 is 0.950 bits per heavy atom. The van der Waals surface area contributed by atoms with Crippen LogP contribution in [0.2, 0.25) is 0 Å². The molecule has 0 amide bonds. The molecule has 2 N–H and O–H groups in total. The molecule has 0 saturated heterocycles. The molecule has 0 aromatic carbocycles. The van der Waals surface area contributed by atoms with Gasteiger partial charge in [0.2, 0.25) is 0 Å². The van der Waals surface area contributed by atoms with Crippen LogP contribution in [0.25, 0.3) is 0 Å². The van der Waals surface area contributed by atoms with Crippen molar-refractivity contribution >= 4 is 11.9 Å². The smallest absolute Gasteiger partial charge is 0.307 e. The molecule has 0 aromatic heterocycles. The number of carboxylic acids is 2. The maximum Gasteiger partial charge on any atom is 0.307 e. The van der Waals surface area contributed by atoms with Crippen LogP contribution in [0.15, 0.2) is 0 Å². The van der Waals surface area contributed by atoms with E-state index in [-0.39, 0.29) is 5.92 Å². The number of unbranched alkanes of at least 4 members (excludes halogenated alkanes) is 2. The van der Waals surface area contributed by atoms with E-state index >= 15 is 0 Å². The van der Waals surface area contributed by atoms with Gasteiger partial charge in [-0.1, -0.05) is 46.0 Å². The molecule has 0 aliphatic heterocycles. The van der Waals surface area contributed by atoms with Crippen molar-refractivity contribution in [2.24, 2.45) is 23.7 Å². The van der Waals surface area contributed by atoms with Crippen molar-refractivity contribution in [2.75, 3.05) is 0 Å². The third kappa shape index (κ3) is 4.22. The van der Waals surface area contributed by atoms with Crippen LogP contribution in [-0.2, 0) is 9.59 Å². The van der Waals surface area contributed by atoms with Gasteiger partial charge in [0, 0.05) is 0 Å². The van der Waals surface area contributed by atoms with E-state index in [1.165, 1.54) is 0 Å². The molecule has 4 unspecified atom stereocenters. The lowest BCUT2D eigenvalue weighted by molar-refractivity contribution is -0.160. The average molecular weight is 284 g/mol. The predicted octanol–water partition coefficient (Wildman–Crippen LogP) is 3.79. The topological polar surface area (TPSA) is 74.6 Å². The van der Waals surface area contributed by atoms with Crippen LogP contribution in [0.5, 0.6) is 0 Å². The second kappa shape index (κ2) is 8.28. The van der Waals surface area contributed by atoms with Crippen LogP contribution in [-0.4, -0.2) is 22.2 Å². The highest BCUT2D eigenvalue weighted by molar-refractivity contribution is 5.80. The van der Waals surface area contributed by atoms with Gasteiger partial charge in [-0.2, -0.15) is 0 Å². The van der Waals surface area contributed by atoms with Crippen LogP contribution in [0.1, 0.15) is 65.2 Å². The van der Waals surface area contributed by atoms with Crippen LogP contribution in [0.3, 0.4) is 0 Å². The highest BCUT2D eigenvalue weighted by Gasteiger charge is 2.45. The Kier molecular flexibility index (Phi) is 7.03. The Bertz CT molecular complexity index is 326. The summed E-state index contributed by atoms with van der Waals surface area (Å²) in [6, 6.07) is 0. The molecule has 0 bridgehead atoms. The van der Waals surface area contributed by atoms with Crippen LogP contribution in [0.4, 0.5) is 0 Å². The molecular formula is C16H28O4. The van der Waals surface area contributed by atoms with E-state index in [0.717, 1.165) is 44.9 Å². The third-order valence-electron chi connectivity index (χ3n) is 4.77. The Morgan fingerprint density at radius 3 is 2.05 bits per heavy atom. The van der Waals surface area contributed by atoms with Gasteiger partial charge in [0.15, 0.2) is 0 Å². The largest absolute Gasteiger partial charge is 0.481 e. The molecule has 1 aliphatic rings. The van der Waals surface area contributed by atoms with E-state index in [1.807, 2.05) is 0 Å². The second-order valence-corrected chi connectivity index (χ2v) is 6.09. The molecule has 1 rings (SSSR count). The first-order valence-corrected chi connectivity index (χ1v) is 7.98. The summed E-state index contributed by atoms with van der Waals surface area (Å²) in [6.07, 6.45) is 7.52. The predicted molar refractivity (Wildman–Crippen MR) is 77.5 cm³/mol. The van der Waals surface area contributed by atoms with Gasteiger partial charge in [0.1, 0.15) is 0 Å². The molecule has 116 valence electrons. The summed E-state index contributed by atoms with van der Waals surface area (Å²) < 4.78 is 0. The molecular weight excluding hydrogens is 256 g/mol. The summed E-state index contributed by atoms with van der Waals surface area (Å²) >= 11 is 0. The fraction of sp³-hybridized carbons (Fsp3) is 0.875. The first-order chi connectivity index (χ1) is 9.52. The van der Waals surface area contributed by atoms with E-state index in [4.69, 9.17) is 0 Å². The molecule has 1 fully saturated rings. The highest BCUT2D eigenvalue weighted by Crippen LogP contribution is 2.44. The van der Waals surface area contributed by atoms with Gasteiger partial charge < -0.3 is 10.2 Å². The molecule has 4 atom stereocenters. The van der Waals surface area contributed by atoms with Crippen molar-refractivity contribution < 1.29 is 19.8 Å². The van der Waals surface area contributed by atoms with E-state index in [0.29, 0.717) is 12.3 Å². The Balaban J connectivity index is 2.89. The van der Waals surface area contributed by atoms with Crippen molar-refractivity contribution in [3.05, 3.63) is 0 Å². The zero-order valence-electron chi connectivity index (χ0n) is 12.7. The van der Waals surface area contributed by atoms with Crippen molar-refractivity contribution in [1.82, 2.24) is 0 Å². The highest BCUT2D eigenvalue weighted by atomic mass is 16.4. The summed E-state index contributed by atoms with van der Waals surface area (Å²) in [5.74, 6) is -2.83. The quantitative estimate of drug-likeness (QED) is 0.711. The summed E-state index contributed by atoms with van der Waals surface area (Å²) in [5.41, 5.74) is 0. The van der Waals surface area contributed by atoms with Crippen LogP contribution < -0.4 is 0 Å². The summed E-state index contributed by atoms with van der Waals surface area (Å²) in [6.45, 7) is 4.23. The fourth-order valence-corrected chi connectivity index (χ4v) is 3.69. The maximum atomic E-state index is 11.6. The molecule has 1 aliphatic carbocycles. The Labute approximate surface area is 121 Å². The first kappa shape index (κ1) is 17.0. The van der Waals surface area contributed by atoms with Crippen LogP contribution >= 0.6 is 0 Å². The van der Waals surface area contributed by atoms with E-state index < -0.39 is 23.8 Å². The van der Waals surface area contributed by atoms with Crippen molar-refractivity contribution in [3.63, 3.8) is 0 Å². The third-order valence-corrected chi connectivity index (χ3v) is 4.77. The number of rotatable bonds is 8. The molecule has 1 saturated carbocycles. The maximum absolute atomic E-state index is 11.6. The molecule has 20 heavy (non-hydrogen) atoms. The standard InChI is InChI=1S/C16H28O4/c1-3-5-7-11-9-10-13(15(17)18)14(16(19)20)12(11)8-6-4-2/h11-14H,3-10H2,1-2H3,(H,17,18)(H,19,20). The minimum Gasteiger partial charge on any atom is -0.481 e. The van der Waals surface area contributed by atoms with Gasteiger partial charge in [0.05, 0.1) is 11.8 Å². The number of hydrogen-bond acceptors (Lipinski definition) is 2. The first-order valence-electron chi connectivity index (χ1n) is 7.98. The lowest BCUT2D eigenvalue weighted by Gasteiger charge is -2.40. The number of carboxylic acid groups (broad SMARTS) is 2. The summed E-state index contributed by atoms with van der Waals surface area (Å²) in [7, 11) is 0. The Hall–Kier alpha value is -1.06. The summed E-state index contributed by atoms with van der Waals surface area (Å²) in [4.78, 5) is 22.9. The molecule has 0 aromatic rings. The minimum absolute atomic E-state index is 0.0360. The van der Waals surface area contributed by atoms with Gasteiger partial charge in [-0.15, -0.1) is 0 Å². The van der Waals surface area contributed by atoms with Gasteiger partial charge in [-0.25, -0.2) is 0 Å². The van der Waals surface area contributed by atoms with E-state index in [2.05, 4.69) is 13.8 Å². The monoisotopic (exact) mass is 284 g/mol. The number of hydrogen-bond donors (Lipinski definition) is 2. The van der Waals surface area contributed by atoms with Gasteiger partial charge in [-0.05, 0) is 31.1 Å². The lowest BCUT2D eigenvalue weighted by Crippen LogP contribution is -2.42. The molecule has 0 spiro atoms. The zero-order valence-corrected chi connectivity index (χ0v) is 12.7. The fourth-order valence-electron chi connectivity index (χ4n) is 3.69.